The number of piperazine rings is 1. The van der Waals surface area contributed by atoms with Crippen molar-refractivity contribution < 1.29 is 4.79 Å². The van der Waals surface area contributed by atoms with E-state index in [0.717, 1.165) is 23.8 Å². The van der Waals surface area contributed by atoms with Crippen molar-refractivity contribution in [3.63, 3.8) is 0 Å². The zero-order valence-corrected chi connectivity index (χ0v) is 12.2. The summed E-state index contributed by atoms with van der Waals surface area (Å²) >= 11 is 6.02. The van der Waals surface area contributed by atoms with Crippen molar-refractivity contribution >= 4 is 23.2 Å². The summed E-state index contributed by atoms with van der Waals surface area (Å²) in [6.07, 6.45) is 2.98. The number of nitrogens with zero attached hydrogens (tertiary/aromatic N) is 4. The molecule has 2 heterocycles. The molecule has 6 heteroatoms. The van der Waals surface area contributed by atoms with Crippen molar-refractivity contribution in [2.45, 2.75) is 0 Å². The largest absolute Gasteiger partial charge is 0.368 e. The molecule has 0 bridgehead atoms. The van der Waals surface area contributed by atoms with Gasteiger partial charge in [-0.3, -0.25) is 4.79 Å². The normalized spacial score (nSPS) is 15.1. The van der Waals surface area contributed by atoms with Gasteiger partial charge in [0.2, 0.25) is 0 Å². The highest BCUT2D eigenvalue weighted by Gasteiger charge is 2.22. The third-order valence-electron chi connectivity index (χ3n) is 3.54. The standard InChI is InChI=1S/C15H15ClN4O/c16-12-2-1-3-13(10-12)19-6-8-20(9-7-19)15(21)14-4-5-17-11-18-14/h1-5,10-11H,6-9H2. The molecule has 0 radical (unpaired) electrons. The Kier molecular flexibility index (Phi) is 4.01. The van der Waals surface area contributed by atoms with Gasteiger partial charge in [0.25, 0.3) is 5.91 Å². The lowest BCUT2D eigenvalue weighted by atomic mass is 10.2. The Morgan fingerprint density at radius 1 is 1.14 bits per heavy atom. The zero-order valence-electron chi connectivity index (χ0n) is 11.4. The van der Waals surface area contributed by atoms with Crippen LogP contribution in [0.15, 0.2) is 42.9 Å². The Bertz CT molecular complexity index is 627. The monoisotopic (exact) mass is 302 g/mol. The Labute approximate surface area is 128 Å². The quantitative estimate of drug-likeness (QED) is 0.852. The van der Waals surface area contributed by atoms with E-state index >= 15 is 0 Å². The van der Waals surface area contributed by atoms with Gasteiger partial charge < -0.3 is 9.80 Å². The average molecular weight is 303 g/mol. The Balaban J connectivity index is 1.64. The number of carbonyl (C=O) groups excluding carboxylic acids is 1. The first-order valence-electron chi connectivity index (χ1n) is 6.80. The molecule has 21 heavy (non-hydrogen) atoms. The Morgan fingerprint density at radius 3 is 2.62 bits per heavy atom. The minimum absolute atomic E-state index is 0.0388. The average Bonchev–Trinajstić information content (AvgIpc) is 2.55. The SMILES string of the molecule is O=C(c1ccncn1)N1CCN(c2cccc(Cl)c2)CC1. The summed E-state index contributed by atoms with van der Waals surface area (Å²) in [4.78, 5) is 24.2. The van der Waals surface area contributed by atoms with Gasteiger partial charge in [-0.25, -0.2) is 9.97 Å². The number of aromatic nitrogens is 2. The fourth-order valence-corrected chi connectivity index (χ4v) is 2.60. The molecule has 5 nitrogen and oxygen atoms in total. The van der Waals surface area contributed by atoms with Crippen LogP contribution < -0.4 is 4.90 Å². The van der Waals surface area contributed by atoms with Crippen molar-refractivity contribution in [2.75, 3.05) is 31.1 Å². The number of anilines is 1. The van der Waals surface area contributed by atoms with Crippen molar-refractivity contribution in [3.8, 4) is 0 Å². The number of rotatable bonds is 2. The predicted octanol–water partition coefficient (Wildman–Crippen LogP) is 2.09. The van der Waals surface area contributed by atoms with Crippen LogP contribution in [-0.2, 0) is 0 Å². The summed E-state index contributed by atoms with van der Waals surface area (Å²) < 4.78 is 0. The first-order valence-corrected chi connectivity index (χ1v) is 7.17. The molecule has 2 aromatic rings. The highest BCUT2D eigenvalue weighted by atomic mass is 35.5. The lowest BCUT2D eigenvalue weighted by Gasteiger charge is -2.36. The van der Waals surface area contributed by atoms with Crippen LogP contribution in [0.2, 0.25) is 5.02 Å². The highest BCUT2D eigenvalue weighted by molar-refractivity contribution is 6.30. The molecule has 0 aliphatic carbocycles. The summed E-state index contributed by atoms with van der Waals surface area (Å²) in [5.74, 6) is -0.0388. The zero-order chi connectivity index (χ0) is 14.7. The van der Waals surface area contributed by atoms with Gasteiger partial charge in [-0.1, -0.05) is 17.7 Å². The molecule has 0 atom stereocenters. The Morgan fingerprint density at radius 2 is 1.95 bits per heavy atom. The van der Waals surface area contributed by atoms with Crippen LogP contribution >= 0.6 is 11.6 Å². The van der Waals surface area contributed by atoms with Gasteiger partial charge in [0.1, 0.15) is 12.0 Å². The van der Waals surface area contributed by atoms with E-state index in [1.807, 2.05) is 29.2 Å². The number of hydrogen-bond donors (Lipinski definition) is 0. The second kappa shape index (κ2) is 6.10. The number of hydrogen-bond acceptors (Lipinski definition) is 4. The van der Waals surface area contributed by atoms with E-state index in [-0.39, 0.29) is 5.91 Å². The number of benzene rings is 1. The molecule has 0 unspecified atom stereocenters. The molecule has 3 rings (SSSR count). The lowest BCUT2D eigenvalue weighted by molar-refractivity contribution is 0.0740. The second-order valence-electron chi connectivity index (χ2n) is 4.85. The third kappa shape index (κ3) is 3.13. The van der Waals surface area contributed by atoms with E-state index in [1.165, 1.54) is 6.33 Å². The number of carbonyl (C=O) groups is 1. The van der Waals surface area contributed by atoms with Gasteiger partial charge in [0.05, 0.1) is 0 Å². The molecular formula is C15H15ClN4O. The highest BCUT2D eigenvalue weighted by Crippen LogP contribution is 2.21. The van der Waals surface area contributed by atoms with E-state index in [0.29, 0.717) is 18.8 Å². The summed E-state index contributed by atoms with van der Waals surface area (Å²) in [6, 6.07) is 9.43. The summed E-state index contributed by atoms with van der Waals surface area (Å²) in [5, 5.41) is 0.729. The van der Waals surface area contributed by atoms with E-state index in [1.54, 1.807) is 12.3 Å². The van der Waals surface area contributed by atoms with Crippen LogP contribution in [-0.4, -0.2) is 47.0 Å². The number of amides is 1. The van der Waals surface area contributed by atoms with Crippen LogP contribution in [0.5, 0.6) is 0 Å². The van der Waals surface area contributed by atoms with E-state index in [2.05, 4.69) is 14.9 Å². The fraction of sp³-hybridized carbons (Fsp3) is 0.267. The molecule has 1 aliphatic heterocycles. The van der Waals surface area contributed by atoms with E-state index in [9.17, 15) is 4.79 Å². The smallest absolute Gasteiger partial charge is 0.272 e. The van der Waals surface area contributed by atoms with Gasteiger partial charge in [0.15, 0.2) is 0 Å². The molecule has 1 saturated heterocycles. The summed E-state index contributed by atoms with van der Waals surface area (Å²) in [5.41, 5.74) is 1.54. The van der Waals surface area contributed by atoms with Gasteiger partial charge in [-0.2, -0.15) is 0 Å². The molecule has 1 aromatic heterocycles. The maximum atomic E-state index is 12.3. The van der Waals surface area contributed by atoms with Gasteiger partial charge in [-0.15, -0.1) is 0 Å². The topological polar surface area (TPSA) is 49.3 Å². The molecule has 0 spiro atoms. The summed E-state index contributed by atoms with van der Waals surface area (Å²) in [7, 11) is 0. The Hall–Kier alpha value is -2.14. The molecule has 1 amide bonds. The molecule has 0 N–H and O–H groups in total. The molecule has 1 fully saturated rings. The van der Waals surface area contributed by atoms with E-state index in [4.69, 9.17) is 11.6 Å². The van der Waals surface area contributed by atoms with Crippen LogP contribution in [0.25, 0.3) is 0 Å². The minimum Gasteiger partial charge on any atom is -0.368 e. The first kappa shape index (κ1) is 13.8. The second-order valence-corrected chi connectivity index (χ2v) is 5.29. The molecule has 108 valence electrons. The minimum atomic E-state index is -0.0388. The van der Waals surface area contributed by atoms with Crippen molar-refractivity contribution in [2.24, 2.45) is 0 Å². The van der Waals surface area contributed by atoms with Crippen LogP contribution in [0, 0.1) is 0 Å². The van der Waals surface area contributed by atoms with Crippen molar-refractivity contribution in [1.29, 1.82) is 0 Å². The maximum Gasteiger partial charge on any atom is 0.272 e. The predicted molar refractivity (Wildman–Crippen MR) is 81.6 cm³/mol. The van der Waals surface area contributed by atoms with Gasteiger partial charge in [0, 0.05) is 43.1 Å². The van der Waals surface area contributed by atoms with E-state index < -0.39 is 0 Å². The van der Waals surface area contributed by atoms with Crippen LogP contribution in [0.1, 0.15) is 10.5 Å². The number of halogens is 1. The van der Waals surface area contributed by atoms with Crippen molar-refractivity contribution in [1.82, 2.24) is 14.9 Å². The summed E-state index contributed by atoms with van der Waals surface area (Å²) in [6.45, 7) is 2.93. The molecule has 0 saturated carbocycles. The molecule has 1 aliphatic rings. The van der Waals surface area contributed by atoms with Crippen LogP contribution in [0.4, 0.5) is 5.69 Å². The van der Waals surface area contributed by atoms with Gasteiger partial charge >= 0.3 is 0 Å². The molecular weight excluding hydrogens is 288 g/mol. The van der Waals surface area contributed by atoms with Crippen molar-refractivity contribution in [3.05, 3.63) is 53.6 Å². The first-order chi connectivity index (χ1) is 10.2. The van der Waals surface area contributed by atoms with Crippen LogP contribution in [0.3, 0.4) is 0 Å². The fourth-order valence-electron chi connectivity index (χ4n) is 2.42. The van der Waals surface area contributed by atoms with Gasteiger partial charge in [-0.05, 0) is 24.3 Å². The maximum absolute atomic E-state index is 12.3. The molecule has 1 aromatic carbocycles. The third-order valence-corrected chi connectivity index (χ3v) is 3.78. The lowest BCUT2D eigenvalue weighted by Crippen LogP contribution is -2.49.